The maximum atomic E-state index is 13.4. The Morgan fingerprint density at radius 2 is 1.63 bits per heavy atom. The molecule has 4 aromatic rings. The Balaban J connectivity index is 1.22. The third-order valence-corrected chi connectivity index (χ3v) is 7.48. The summed E-state index contributed by atoms with van der Waals surface area (Å²) in [6, 6.07) is 25.8. The molecule has 1 aromatic heterocycles. The van der Waals surface area contributed by atoms with Gasteiger partial charge in [0, 0.05) is 29.1 Å². The van der Waals surface area contributed by atoms with Gasteiger partial charge in [-0.15, -0.1) is 11.3 Å². The molecule has 5 nitrogen and oxygen atoms in total. The third kappa shape index (κ3) is 4.37. The van der Waals surface area contributed by atoms with E-state index in [1.54, 1.807) is 0 Å². The van der Waals surface area contributed by atoms with E-state index in [-0.39, 0.29) is 17.7 Å². The Morgan fingerprint density at radius 1 is 0.943 bits per heavy atom. The first-order valence-electron chi connectivity index (χ1n) is 12.0. The highest BCUT2D eigenvalue weighted by Crippen LogP contribution is 2.38. The number of nitrogens with zero attached hydrogens (tertiary/aromatic N) is 2. The van der Waals surface area contributed by atoms with Gasteiger partial charge in [0.2, 0.25) is 11.8 Å². The summed E-state index contributed by atoms with van der Waals surface area (Å²) in [4.78, 5) is 32.6. The molecule has 6 rings (SSSR count). The molecule has 1 fully saturated rings. The van der Waals surface area contributed by atoms with Crippen molar-refractivity contribution >= 4 is 34.0 Å². The highest BCUT2D eigenvalue weighted by molar-refractivity contribution is 7.14. The standard InChI is InChI=1S/C29H25N3O2S/c33-27(26(19-7-3-1-4-8-19)20-9-5-2-6-10-20)31-29-30-24(18-35-29)22-13-14-25-23(17-22)15-16-32(25)28(34)21-11-12-21/h1-10,13-14,17-18,21,26H,11-12,15-16H2,(H,30,31,33). The van der Waals surface area contributed by atoms with Crippen molar-refractivity contribution in [3.63, 3.8) is 0 Å². The number of amides is 2. The molecule has 1 aliphatic heterocycles. The fourth-order valence-corrected chi connectivity index (χ4v) is 5.49. The molecule has 1 saturated carbocycles. The van der Waals surface area contributed by atoms with Crippen molar-refractivity contribution in [3.8, 4) is 11.3 Å². The molecule has 35 heavy (non-hydrogen) atoms. The second-order valence-electron chi connectivity index (χ2n) is 9.14. The maximum absolute atomic E-state index is 13.4. The number of anilines is 2. The fourth-order valence-electron chi connectivity index (χ4n) is 4.77. The first-order valence-corrected chi connectivity index (χ1v) is 12.9. The number of aromatic nitrogens is 1. The minimum atomic E-state index is -0.417. The lowest BCUT2D eigenvalue weighted by Gasteiger charge is -2.17. The molecule has 0 unspecified atom stereocenters. The first-order chi connectivity index (χ1) is 17.2. The van der Waals surface area contributed by atoms with Crippen molar-refractivity contribution in [2.24, 2.45) is 5.92 Å². The van der Waals surface area contributed by atoms with E-state index >= 15 is 0 Å². The van der Waals surface area contributed by atoms with Gasteiger partial charge in [0.05, 0.1) is 11.6 Å². The highest BCUT2D eigenvalue weighted by Gasteiger charge is 2.36. The zero-order valence-corrected chi connectivity index (χ0v) is 20.0. The number of hydrogen-bond acceptors (Lipinski definition) is 4. The SMILES string of the molecule is O=C(Nc1nc(-c2ccc3c(c2)CCN3C(=O)C2CC2)cs1)C(c1ccccc1)c1ccccc1. The smallest absolute Gasteiger partial charge is 0.238 e. The summed E-state index contributed by atoms with van der Waals surface area (Å²) >= 11 is 1.42. The van der Waals surface area contributed by atoms with Crippen LogP contribution >= 0.6 is 11.3 Å². The average Bonchev–Trinajstić information content (AvgIpc) is 3.50. The minimum Gasteiger partial charge on any atom is -0.312 e. The Hall–Kier alpha value is -3.77. The predicted octanol–water partition coefficient (Wildman–Crippen LogP) is 5.88. The van der Waals surface area contributed by atoms with Crippen molar-refractivity contribution < 1.29 is 9.59 Å². The van der Waals surface area contributed by atoms with Crippen LogP contribution in [-0.4, -0.2) is 23.3 Å². The van der Waals surface area contributed by atoms with Crippen molar-refractivity contribution in [2.45, 2.75) is 25.2 Å². The van der Waals surface area contributed by atoms with E-state index in [4.69, 9.17) is 4.98 Å². The number of carbonyl (C=O) groups is 2. The molecular weight excluding hydrogens is 454 g/mol. The highest BCUT2D eigenvalue weighted by atomic mass is 32.1. The number of thiazole rings is 1. The number of carbonyl (C=O) groups excluding carboxylic acids is 2. The van der Waals surface area contributed by atoms with Crippen LogP contribution in [0.25, 0.3) is 11.3 Å². The van der Waals surface area contributed by atoms with Crippen LogP contribution in [0.1, 0.15) is 35.4 Å². The summed E-state index contributed by atoms with van der Waals surface area (Å²) in [5.74, 6) is -0.0336. The van der Waals surface area contributed by atoms with E-state index in [0.717, 1.165) is 53.9 Å². The van der Waals surface area contributed by atoms with Crippen LogP contribution in [0.4, 0.5) is 10.8 Å². The molecule has 0 bridgehead atoms. The van der Waals surface area contributed by atoms with E-state index in [0.29, 0.717) is 5.13 Å². The normalized spacial score (nSPS) is 14.7. The lowest BCUT2D eigenvalue weighted by atomic mass is 9.90. The van der Waals surface area contributed by atoms with Gasteiger partial charge in [0.1, 0.15) is 0 Å². The largest absolute Gasteiger partial charge is 0.312 e. The van der Waals surface area contributed by atoms with Crippen molar-refractivity contribution in [3.05, 3.63) is 101 Å². The third-order valence-electron chi connectivity index (χ3n) is 6.73. The van der Waals surface area contributed by atoms with Gasteiger partial charge in [-0.3, -0.25) is 9.59 Å². The van der Waals surface area contributed by atoms with Crippen molar-refractivity contribution in [1.82, 2.24) is 4.98 Å². The van der Waals surface area contributed by atoms with E-state index in [1.807, 2.05) is 83.1 Å². The zero-order chi connectivity index (χ0) is 23.8. The topological polar surface area (TPSA) is 62.3 Å². The van der Waals surface area contributed by atoms with E-state index in [2.05, 4.69) is 11.4 Å². The van der Waals surface area contributed by atoms with Crippen LogP contribution in [0, 0.1) is 5.92 Å². The molecule has 0 spiro atoms. The zero-order valence-electron chi connectivity index (χ0n) is 19.2. The van der Waals surface area contributed by atoms with Gasteiger partial charge in [-0.1, -0.05) is 66.7 Å². The van der Waals surface area contributed by atoms with Crippen LogP contribution in [0.2, 0.25) is 0 Å². The van der Waals surface area contributed by atoms with Gasteiger partial charge in [0.15, 0.2) is 5.13 Å². The van der Waals surface area contributed by atoms with Gasteiger partial charge in [-0.25, -0.2) is 4.98 Å². The molecule has 0 radical (unpaired) electrons. The lowest BCUT2D eigenvalue weighted by Crippen LogP contribution is -2.30. The molecule has 6 heteroatoms. The quantitative estimate of drug-likeness (QED) is 0.376. The summed E-state index contributed by atoms with van der Waals surface area (Å²) in [6.45, 7) is 0.757. The number of hydrogen-bond donors (Lipinski definition) is 1. The molecule has 1 aliphatic carbocycles. The second kappa shape index (κ2) is 9.12. The van der Waals surface area contributed by atoms with Crippen molar-refractivity contribution in [2.75, 3.05) is 16.8 Å². The molecule has 3 aromatic carbocycles. The van der Waals surface area contributed by atoms with Gasteiger partial charge in [-0.05, 0) is 48.1 Å². The molecule has 0 saturated heterocycles. The number of benzene rings is 3. The number of rotatable bonds is 6. The van der Waals surface area contributed by atoms with Crippen LogP contribution in [-0.2, 0) is 16.0 Å². The molecular formula is C29H25N3O2S. The summed E-state index contributed by atoms with van der Waals surface area (Å²) in [6.07, 6.45) is 2.90. The van der Waals surface area contributed by atoms with E-state index < -0.39 is 5.92 Å². The Morgan fingerprint density at radius 3 is 2.29 bits per heavy atom. The van der Waals surface area contributed by atoms with Crippen molar-refractivity contribution in [1.29, 1.82) is 0 Å². The van der Waals surface area contributed by atoms with Crippen LogP contribution in [0.15, 0.2) is 84.2 Å². The fraction of sp³-hybridized carbons (Fsp3) is 0.207. The molecule has 2 aliphatic rings. The Bertz CT molecular complexity index is 1340. The molecule has 0 atom stereocenters. The predicted molar refractivity (Wildman–Crippen MR) is 140 cm³/mol. The van der Waals surface area contributed by atoms with Crippen LogP contribution in [0.5, 0.6) is 0 Å². The van der Waals surface area contributed by atoms with Crippen LogP contribution in [0.3, 0.4) is 0 Å². The Kier molecular flexibility index (Phi) is 5.66. The first kappa shape index (κ1) is 21.7. The van der Waals surface area contributed by atoms with Crippen LogP contribution < -0.4 is 10.2 Å². The van der Waals surface area contributed by atoms with E-state index in [1.165, 1.54) is 16.9 Å². The summed E-state index contributed by atoms with van der Waals surface area (Å²) in [5, 5.41) is 5.59. The van der Waals surface area contributed by atoms with Gasteiger partial charge in [0.25, 0.3) is 0 Å². The van der Waals surface area contributed by atoms with Gasteiger partial charge in [-0.2, -0.15) is 0 Å². The van der Waals surface area contributed by atoms with Gasteiger partial charge < -0.3 is 10.2 Å². The second-order valence-corrected chi connectivity index (χ2v) is 10.00. The summed E-state index contributed by atoms with van der Waals surface area (Å²) < 4.78 is 0. The Labute approximate surface area is 208 Å². The number of fused-ring (bicyclic) bond motifs is 1. The number of nitrogens with one attached hydrogen (secondary N) is 1. The molecule has 2 heterocycles. The molecule has 1 N–H and O–H groups in total. The molecule has 2 amide bonds. The van der Waals surface area contributed by atoms with E-state index in [9.17, 15) is 9.59 Å². The summed E-state index contributed by atoms with van der Waals surface area (Å²) in [5.41, 5.74) is 5.93. The minimum absolute atomic E-state index is 0.105. The van der Waals surface area contributed by atoms with Gasteiger partial charge >= 0.3 is 0 Å². The molecule has 174 valence electrons. The lowest BCUT2D eigenvalue weighted by molar-refractivity contribution is -0.119. The average molecular weight is 480 g/mol. The monoisotopic (exact) mass is 479 g/mol. The maximum Gasteiger partial charge on any atom is 0.238 e. The summed E-state index contributed by atoms with van der Waals surface area (Å²) in [7, 11) is 0.